The molecule has 3 heterocycles. The van der Waals surface area contributed by atoms with Crippen LogP contribution in [0.1, 0.15) is 54.2 Å². The molecule has 1 aromatic heterocycles. The molecule has 0 aliphatic carbocycles. The Labute approximate surface area is 194 Å². The number of amides is 1. The third-order valence-corrected chi connectivity index (χ3v) is 7.20. The molecule has 3 aromatic rings. The topological polar surface area (TPSA) is 50.2 Å². The minimum atomic E-state index is -0.183. The van der Waals surface area contributed by atoms with E-state index in [1.165, 1.54) is 5.56 Å². The summed E-state index contributed by atoms with van der Waals surface area (Å²) in [5, 5.41) is 9.04. The van der Waals surface area contributed by atoms with Gasteiger partial charge in [0.2, 0.25) is 0 Å². The van der Waals surface area contributed by atoms with Gasteiger partial charge in [-0.25, -0.2) is 4.68 Å². The third-order valence-electron chi connectivity index (χ3n) is 6.83. The van der Waals surface area contributed by atoms with Crippen LogP contribution < -0.4 is 5.32 Å². The molecule has 166 valence electrons. The van der Waals surface area contributed by atoms with Crippen LogP contribution in [-0.4, -0.2) is 33.7 Å². The number of fused-ring (bicyclic) bond motifs is 1. The first-order valence-corrected chi connectivity index (χ1v) is 11.7. The average Bonchev–Trinajstić information content (AvgIpc) is 3.43. The molecular formula is C26H29ClN4O. The van der Waals surface area contributed by atoms with Crippen molar-refractivity contribution >= 4 is 23.3 Å². The highest BCUT2D eigenvalue weighted by Crippen LogP contribution is 2.40. The lowest BCUT2D eigenvalue weighted by Crippen LogP contribution is -2.38. The molecule has 0 bridgehead atoms. The number of rotatable bonds is 4. The summed E-state index contributed by atoms with van der Waals surface area (Å²) in [7, 11) is 0. The molecular weight excluding hydrogens is 420 g/mol. The van der Waals surface area contributed by atoms with E-state index in [1.807, 2.05) is 33.8 Å². The first-order chi connectivity index (χ1) is 15.4. The van der Waals surface area contributed by atoms with Crippen molar-refractivity contribution in [3.8, 4) is 0 Å². The molecule has 5 nitrogen and oxygen atoms in total. The van der Waals surface area contributed by atoms with Gasteiger partial charge in [-0.1, -0.05) is 60.1 Å². The molecule has 1 fully saturated rings. The fourth-order valence-electron chi connectivity index (χ4n) is 5.12. The predicted molar refractivity (Wildman–Crippen MR) is 128 cm³/mol. The van der Waals surface area contributed by atoms with E-state index >= 15 is 0 Å². The number of likely N-dealkylation sites (tertiary alicyclic amines) is 1. The minimum Gasteiger partial charge on any atom is -0.363 e. The SMILES string of the molecule is CC1(C)CC(c2ccccc2)Nc2c(C(=O)N3CCC(Cc4ccccc4Cl)C3)cnn21. The summed E-state index contributed by atoms with van der Waals surface area (Å²) in [5.41, 5.74) is 2.87. The first kappa shape index (κ1) is 21.1. The number of carbonyl (C=O) groups is 1. The lowest BCUT2D eigenvalue weighted by atomic mass is 9.89. The van der Waals surface area contributed by atoms with Crippen LogP contribution in [-0.2, 0) is 12.0 Å². The standard InChI is InChI=1S/C26H29ClN4O/c1-26(2)15-23(19-8-4-3-5-9-19)29-24-21(16-28-31(24)26)25(32)30-13-12-18(17-30)14-20-10-6-7-11-22(20)27/h3-11,16,18,23,29H,12-15,17H2,1-2H3. The zero-order valence-corrected chi connectivity index (χ0v) is 19.3. The summed E-state index contributed by atoms with van der Waals surface area (Å²) < 4.78 is 1.98. The Kier molecular flexibility index (Phi) is 5.46. The number of carbonyl (C=O) groups excluding carboxylic acids is 1. The third kappa shape index (κ3) is 3.90. The second-order valence-corrected chi connectivity index (χ2v) is 10.1. The van der Waals surface area contributed by atoms with Crippen LogP contribution in [0.2, 0.25) is 5.02 Å². The Morgan fingerprint density at radius 1 is 1.16 bits per heavy atom. The van der Waals surface area contributed by atoms with Crippen molar-refractivity contribution in [2.45, 2.75) is 44.7 Å². The smallest absolute Gasteiger partial charge is 0.259 e. The van der Waals surface area contributed by atoms with Gasteiger partial charge in [-0.05, 0) is 56.2 Å². The average molecular weight is 449 g/mol. The van der Waals surface area contributed by atoms with Crippen molar-refractivity contribution < 1.29 is 4.79 Å². The summed E-state index contributed by atoms with van der Waals surface area (Å²) in [6.07, 6.45) is 4.53. The van der Waals surface area contributed by atoms with Gasteiger partial charge in [-0.3, -0.25) is 4.79 Å². The summed E-state index contributed by atoms with van der Waals surface area (Å²) in [6.45, 7) is 5.89. The number of halogens is 1. The van der Waals surface area contributed by atoms with Gasteiger partial charge in [0, 0.05) is 18.1 Å². The normalized spacial score (nSPS) is 21.8. The predicted octanol–water partition coefficient (Wildman–Crippen LogP) is 5.53. The Morgan fingerprint density at radius 2 is 1.91 bits per heavy atom. The van der Waals surface area contributed by atoms with Gasteiger partial charge in [0.25, 0.3) is 5.91 Å². The molecule has 32 heavy (non-hydrogen) atoms. The summed E-state index contributed by atoms with van der Waals surface area (Å²) in [4.78, 5) is 15.5. The second kappa shape index (κ2) is 8.28. The van der Waals surface area contributed by atoms with Crippen molar-refractivity contribution in [3.05, 3.63) is 82.5 Å². The number of anilines is 1. The molecule has 2 aliphatic rings. The lowest BCUT2D eigenvalue weighted by molar-refractivity contribution is 0.0787. The Bertz CT molecular complexity index is 1120. The van der Waals surface area contributed by atoms with E-state index in [1.54, 1.807) is 6.20 Å². The monoisotopic (exact) mass is 448 g/mol. The van der Waals surface area contributed by atoms with Crippen molar-refractivity contribution in [3.63, 3.8) is 0 Å². The van der Waals surface area contributed by atoms with E-state index in [9.17, 15) is 4.79 Å². The molecule has 0 radical (unpaired) electrons. The molecule has 5 rings (SSSR count). The molecule has 2 aliphatic heterocycles. The molecule has 2 aromatic carbocycles. The fourth-order valence-corrected chi connectivity index (χ4v) is 5.33. The highest BCUT2D eigenvalue weighted by Gasteiger charge is 2.38. The zero-order chi connectivity index (χ0) is 22.3. The lowest BCUT2D eigenvalue weighted by Gasteiger charge is -2.38. The van der Waals surface area contributed by atoms with Crippen molar-refractivity contribution in [1.29, 1.82) is 0 Å². The molecule has 2 atom stereocenters. The van der Waals surface area contributed by atoms with E-state index in [0.717, 1.165) is 48.8 Å². The molecule has 6 heteroatoms. The highest BCUT2D eigenvalue weighted by molar-refractivity contribution is 6.31. The second-order valence-electron chi connectivity index (χ2n) is 9.64. The van der Waals surface area contributed by atoms with E-state index in [0.29, 0.717) is 11.5 Å². The van der Waals surface area contributed by atoms with Crippen LogP contribution in [0.15, 0.2) is 60.8 Å². The maximum absolute atomic E-state index is 13.5. The van der Waals surface area contributed by atoms with Gasteiger partial charge in [-0.2, -0.15) is 5.10 Å². The highest BCUT2D eigenvalue weighted by atomic mass is 35.5. The zero-order valence-electron chi connectivity index (χ0n) is 18.6. The van der Waals surface area contributed by atoms with E-state index in [4.69, 9.17) is 11.6 Å². The largest absolute Gasteiger partial charge is 0.363 e. The molecule has 2 unspecified atom stereocenters. The van der Waals surface area contributed by atoms with Gasteiger partial charge in [-0.15, -0.1) is 0 Å². The summed E-state index contributed by atoms with van der Waals surface area (Å²) in [6, 6.07) is 18.6. The molecule has 1 amide bonds. The number of nitrogens with one attached hydrogen (secondary N) is 1. The number of hydrogen-bond donors (Lipinski definition) is 1. The number of nitrogens with zero attached hydrogens (tertiary/aromatic N) is 3. The van der Waals surface area contributed by atoms with Gasteiger partial charge in [0.1, 0.15) is 11.4 Å². The molecule has 1 N–H and O–H groups in total. The van der Waals surface area contributed by atoms with Crippen LogP contribution in [0.25, 0.3) is 0 Å². The van der Waals surface area contributed by atoms with Crippen LogP contribution >= 0.6 is 11.6 Å². The van der Waals surface area contributed by atoms with Gasteiger partial charge in [0.05, 0.1) is 17.8 Å². The molecule has 0 spiro atoms. The quantitative estimate of drug-likeness (QED) is 0.570. The maximum atomic E-state index is 13.5. The Balaban J connectivity index is 1.35. The number of hydrogen-bond acceptors (Lipinski definition) is 3. The maximum Gasteiger partial charge on any atom is 0.259 e. The summed E-state index contributed by atoms with van der Waals surface area (Å²) >= 11 is 6.35. The minimum absolute atomic E-state index is 0.0601. The van der Waals surface area contributed by atoms with Crippen LogP contribution in [0.5, 0.6) is 0 Å². The van der Waals surface area contributed by atoms with Crippen molar-refractivity contribution in [2.24, 2.45) is 5.92 Å². The van der Waals surface area contributed by atoms with Crippen LogP contribution in [0.3, 0.4) is 0 Å². The first-order valence-electron chi connectivity index (χ1n) is 11.3. The number of benzene rings is 2. The van der Waals surface area contributed by atoms with E-state index in [-0.39, 0.29) is 17.5 Å². The molecule has 0 saturated carbocycles. The van der Waals surface area contributed by atoms with Crippen molar-refractivity contribution in [2.75, 3.05) is 18.4 Å². The van der Waals surface area contributed by atoms with E-state index in [2.05, 4.69) is 54.6 Å². The van der Waals surface area contributed by atoms with Crippen molar-refractivity contribution in [1.82, 2.24) is 14.7 Å². The van der Waals surface area contributed by atoms with Crippen LogP contribution in [0, 0.1) is 5.92 Å². The van der Waals surface area contributed by atoms with Gasteiger partial charge in [0.15, 0.2) is 0 Å². The Hall–Kier alpha value is -2.79. The summed E-state index contributed by atoms with van der Waals surface area (Å²) in [5.74, 6) is 1.31. The molecule has 1 saturated heterocycles. The number of aromatic nitrogens is 2. The Morgan fingerprint density at radius 3 is 2.69 bits per heavy atom. The fraction of sp³-hybridized carbons (Fsp3) is 0.385. The van der Waals surface area contributed by atoms with Crippen LogP contribution in [0.4, 0.5) is 5.82 Å². The van der Waals surface area contributed by atoms with E-state index < -0.39 is 0 Å². The van der Waals surface area contributed by atoms with Gasteiger partial charge >= 0.3 is 0 Å². The van der Waals surface area contributed by atoms with Gasteiger partial charge < -0.3 is 10.2 Å².